The molecular weight excluding hydrogens is 576 g/mol. The van der Waals surface area contributed by atoms with Gasteiger partial charge in [0.25, 0.3) is 0 Å². The van der Waals surface area contributed by atoms with Crippen LogP contribution in [0.5, 0.6) is 11.5 Å². The van der Waals surface area contributed by atoms with Gasteiger partial charge in [-0.1, -0.05) is 51.3 Å². The van der Waals surface area contributed by atoms with E-state index in [-0.39, 0.29) is 0 Å². The van der Waals surface area contributed by atoms with Crippen molar-refractivity contribution < 1.29 is 9.47 Å². The molecular formula is C21H17BrCl2INO2. The summed E-state index contributed by atoms with van der Waals surface area (Å²) in [5.41, 5.74) is 3.06. The van der Waals surface area contributed by atoms with E-state index in [4.69, 9.17) is 32.7 Å². The van der Waals surface area contributed by atoms with Crippen LogP contribution in [0.1, 0.15) is 11.1 Å². The highest BCUT2D eigenvalue weighted by atomic mass is 127. The lowest BCUT2D eigenvalue weighted by Gasteiger charge is -2.15. The summed E-state index contributed by atoms with van der Waals surface area (Å²) in [6.45, 7) is 1.10. The summed E-state index contributed by atoms with van der Waals surface area (Å²) in [5.74, 6) is 1.44. The lowest BCUT2D eigenvalue weighted by Crippen LogP contribution is -2.03. The van der Waals surface area contributed by atoms with E-state index < -0.39 is 0 Å². The summed E-state index contributed by atoms with van der Waals surface area (Å²) in [6, 6.07) is 17.6. The minimum atomic E-state index is 0.473. The number of rotatable bonds is 7. The first-order valence-corrected chi connectivity index (χ1v) is 11.0. The van der Waals surface area contributed by atoms with E-state index in [9.17, 15) is 0 Å². The van der Waals surface area contributed by atoms with Crippen LogP contribution in [0.3, 0.4) is 0 Å². The van der Waals surface area contributed by atoms with Gasteiger partial charge in [0.05, 0.1) is 20.7 Å². The number of anilines is 1. The van der Waals surface area contributed by atoms with Crippen molar-refractivity contribution in [3.05, 3.63) is 83.8 Å². The summed E-state index contributed by atoms with van der Waals surface area (Å²) in [5, 5.41) is 4.40. The molecule has 3 rings (SSSR count). The van der Waals surface area contributed by atoms with Gasteiger partial charge in [-0.3, -0.25) is 0 Å². The van der Waals surface area contributed by atoms with E-state index in [2.05, 4.69) is 49.9 Å². The predicted octanol–water partition coefficient (Wildman–Crippen LogP) is 7.56. The third kappa shape index (κ3) is 5.69. The van der Waals surface area contributed by atoms with E-state index in [0.29, 0.717) is 28.9 Å². The van der Waals surface area contributed by atoms with Gasteiger partial charge >= 0.3 is 0 Å². The molecule has 0 amide bonds. The van der Waals surface area contributed by atoms with Crippen LogP contribution in [0.2, 0.25) is 10.0 Å². The molecule has 0 aromatic heterocycles. The molecule has 0 fully saturated rings. The molecule has 0 aliphatic heterocycles. The Labute approximate surface area is 196 Å². The van der Waals surface area contributed by atoms with Crippen LogP contribution >= 0.6 is 61.7 Å². The molecule has 0 radical (unpaired) electrons. The van der Waals surface area contributed by atoms with E-state index in [1.165, 1.54) is 0 Å². The van der Waals surface area contributed by atoms with Gasteiger partial charge in [-0.05, 0) is 76.2 Å². The minimum Gasteiger partial charge on any atom is -0.493 e. The number of methoxy groups -OCH3 is 1. The third-order valence-electron chi connectivity index (χ3n) is 4.00. The predicted molar refractivity (Wildman–Crippen MR) is 128 cm³/mol. The number of ether oxygens (including phenoxy) is 2. The topological polar surface area (TPSA) is 30.5 Å². The molecule has 0 saturated carbocycles. The lowest BCUT2D eigenvalue weighted by atomic mass is 10.2. The molecule has 0 saturated heterocycles. The molecule has 3 aromatic rings. The zero-order valence-corrected chi connectivity index (χ0v) is 20.2. The zero-order chi connectivity index (χ0) is 20.1. The maximum atomic E-state index is 6.07. The Kier molecular flexibility index (Phi) is 7.74. The van der Waals surface area contributed by atoms with Crippen molar-refractivity contribution in [2.75, 3.05) is 12.4 Å². The standard InChI is InChI=1S/C21H17BrCl2INO2/c1-27-20-9-14(11-26-16-6-7-17(23)18(24)10-16)8-19(25)21(20)28-12-13-2-4-15(22)5-3-13/h2-10,26H,11-12H2,1H3. The van der Waals surface area contributed by atoms with Gasteiger partial charge in [0.2, 0.25) is 0 Å². The van der Waals surface area contributed by atoms with Crippen LogP contribution in [0.25, 0.3) is 0 Å². The van der Waals surface area contributed by atoms with Crippen LogP contribution in [-0.2, 0) is 13.2 Å². The fourth-order valence-corrected chi connectivity index (χ4v) is 3.95. The number of benzene rings is 3. The van der Waals surface area contributed by atoms with Gasteiger partial charge < -0.3 is 14.8 Å². The molecule has 28 heavy (non-hydrogen) atoms. The Morgan fingerprint density at radius 2 is 1.71 bits per heavy atom. The number of halogens is 4. The second-order valence-corrected chi connectivity index (χ2v) is 8.90. The van der Waals surface area contributed by atoms with Gasteiger partial charge in [0.15, 0.2) is 11.5 Å². The Morgan fingerprint density at radius 1 is 0.964 bits per heavy atom. The van der Waals surface area contributed by atoms with Crippen molar-refractivity contribution in [3.63, 3.8) is 0 Å². The smallest absolute Gasteiger partial charge is 0.174 e. The van der Waals surface area contributed by atoms with Crippen LogP contribution in [-0.4, -0.2) is 7.11 Å². The quantitative estimate of drug-likeness (QED) is 0.287. The van der Waals surface area contributed by atoms with Gasteiger partial charge in [-0.15, -0.1) is 0 Å². The van der Waals surface area contributed by atoms with Crippen molar-refractivity contribution in [3.8, 4) is 11.5 Å². The zero-order valence-electron chi connectivity index (χ0n) is 14.9. The first kappa shape index (κ1) is 21.6. The fraction of sp³-hybridized carbons (Fsp3) is 0.143. The summed E-state index contributed by atoms with van der Waals surface area (Å²) < 4.78 is 13.6. The highest BCUT2D eigenvalue weighted by Crippen LogP contribution is 2.35. The molecule has 3 nitrogen and oxygen atoms in total. The average Bonchev–Trinajstić information content (AvgIpc) is 2.69. The number of hydrogen-bond acceptors (Lipinski definition) is 3. The van der Waals surface area contributed by atoms with Crippen molar-refractivity contribution in [1.29, 1.82) is 0 Å². The summed E-state index contributed by atoms with van der Waals surface area (Å²) in [4.78, 5) is 0. The maximum absolute atomic E-state index is 6.07. The molecule has 0 heterocycles. The molecule has 0 bridgehead atoms. The Morgan fingerprint density at radius 3 is 2.39 bits per heavy atom. The van der Waals surface area contributed by atoms with Gasteiger partial charge in [-0.25, -0.2) is 0 Å². The fourth-order valence-electron chi connectivity index (χ4n) is 2.56. The van der Waals surface area contributed by atoms with Crippen molar-refractivity contribution in [1.82, 2.24) is 0 Å². The maximum Gasteiger partial charge on any atom is 0.174 e. The van der Waals surface area contributed by atoms with E-state index in [1.807, 2.05) is 42.5 Å². The van der Waals surface area contributed by atoms with E-state index >= 15 is 0 Å². The first-order valence-electron chi connectivity index (χ1n) is 8.39. The molecule has 146 valence electrons. The molecule has 0 unspecified atom stereocenters. The molecule has 0 spiro atoms. The number of hydrogen-bond donors (Lipinski definition) is 1. The second kappa shape index (κ2) is 10.1. The summed E-state index contributed by atoms with van der Waals surface area (Å²) >= 11 is 17.7. The summed E-state index contributed by atoms with van der Waals surface area (Å²) in [7, 11) is 1.65. The molecule has 1 N–H and O–H groups in total. The normalized spacial score (nSPS) is 10.6. The van der Waals surface area contributed by atoms with Crippen LogP contribution in [0.15, 0.2) is 59.1 Å². The van der Waals surface area contributed by atoms with E-state index in [1.54, 1.807) is 13.2 Å². The first-order chi connectivity index (χ1) is 13.5. The molecule has 0 aliphatic carbocycles. The average molecular weight is 593 g/mol. The van der Waals surface area contributed by atoms with Crippen LogP contribution < -0.4 is 14.8 Å². The highest BCUT2D eigenvalue weighted by Gasteiger charge is 2.12. The van der Waals surface area contributed by atoms with Crippen molar-refractivity contribution in [2.45, 2.75) is 13.2 Å². The van der Waals surface area contributed by atoms with Crippen LogP contribution in [0, 0.1) is 3.57 Å². The van der Waals surface area contributed by atoms with Crippen molar-refractivity contribution in [2.24, 2.45) is 0 Å². The SMILES string of the molecule is COc1cc(CNc2ccc(Cl)c(Cl)c2)cc(I)c1OCc1ccc(Br)cc1. The lowest BCUT2D eigenvalue weighted by molar-refractivity contribution is 0.282. The Bertz CT molecular complexity index is 967. The van der Waals surface area contributed by atoms with Gasteiger partial charge in [0, 0.05) is 16.7 Å². The third-order valence-corrected chi connectivity index (χ3v) is 6.07. The van der Waals surface area contributed by atoms with Crippen LogP contribution in [0.4, 0.5) is 5.69 Å². The molecule has 7 heteroatoms. The largest absolute Gasteiger partial charge is 0.493 e. The molecule has 3 aromatic carbocycles. The molecule has 0 atom stereocenters. The van der Waals surface area contributed by atoms with Gasteiger partial charge in [-0.2, -0.15) is 0 Å². The second-order valence-electron chi connectivity index (χ2n) is 6.01. The summed E-state index contributed by atoms with van der Waals surface area (Å²) in [6.07, 6.45) is 0. The highest BCUT2D eigenvalue weighted by molar-refractivity contribution is 14.1. The molecule has 0 aliphatic rings. The van der Waals surface area contributed by atoms with Gasteiger partial charge in [0.1, 0.15) is 6.61 Å². The minimum absolute atomic E-state index is 0.473. The monoisotopic (exact) mass is 591 g/mol. The van der Waals surface area contributed by atoms with Crippen molar-refractivity contribution >= 4 is 67.4 Å². The Balaban J connectivity index is 1.71. The Hall–Kier alpha value is -1.15. The van der Waals surface area contributed by atoms with E-state index in [0.717, 1.165) is 30.6 Å². The number of nitrogens with one attached hydrogen (secondary N) is 1.